The fraction of sp³-hybridized carbons (Fsp3) is 0.200. The van der Waals surface area contributed by atoms with Crippen molar-refractivity contribution in [3.63, 3.8) is 0 Å². The minimum atomic E-state index is 0.480. The van der Waals surface area contributed by atoms with Crippen LogP contribution in [0.3, 0.4) is 0 Å². The Labute approximate surface area is 118 Å². The SMILES string of the molecule is Cc1c(Cl)ncnc1NCCC#Cc1ccccc1. The van der Waals surface area contributed by atoms with E-state index in [-0.39, 0.29) is 0 Å². The van der Waals surface area contributed by atoms with Gasteiger partial charge in [0.25, 0.3) is 0 Å². The van der Waals surface area contributed by atoms with Gasteiger partial charge in [0.15, 0.2) is 0 Å². The van der Waals surface area contributed by atoms with Gasteiger partial charge in [-0.05, 0) is 19.1 Å². The standard InChI is InChI=1S/C15H14ClN3/c1-12-14(16)18-11-19-15(12)17-10-6-5-9-13-7-3-2-4-8-13/h2-4,7-8,11H,6,10H2,1H3,(H,17,18,19). The molecular weight excluding hydrogens is 258 g/mol. The van der Waals surface area contributed by atoms with Crippen LogP contribution < -0.4 is 5.32 Å². The van der Waals surface area contributed by atoms with E-state index >= 15 is 0 Å². The molecule has 0 bridgehead atoms. The maximum atomic E-state index is 5.91. The highest BCUT2D eigenvalue weighted by Gasteiger charge is 2.02. The molecule has 0 aliphatic carbocycles. The van der Waals surface area contributed by atoms with Gasteiger partial charge in [-0.1, -0.05) is 41.6 Å². The van der Waals surface area contributed by atoms with Gasteiger partial charge >= 0.3 is 0 Å². The molecule has 0 aliphatic heterocycles. The number of benzene rings is 1. The molecule has 2 rings (SSSR count). The number of anilines is 1. The minimum absolute atomic E-state index is 0.480. The Kier molecular flexibility index (Phi) is 4.77. The van der Waals surface area contributed by atoms with Crippen LogP contribution >= 0.6 is 11.6 Å². The summed E-state index contributed by atoms with van der Waals surface area (Å²) in [5.74, 6) is 6.99. The number of hydrogen-bond acceptors (Lipinski definition) is 3. The first kappa shape index (κ1) is 13.4. The fourth-order valence-corrected chi connectivity index (χ4v) is 1.67. The van der Waals surface area contributed by atoms with Crippen LogP contribution in [0.4, 0.5) is 5.82 Å². The van der Waals surface area contributed by atoms with Gasteiger partial charge in [-0.3, -0.25) is 0 Å². The second-order valence-corrected chi connectivity index (χ2v) is 4.34. The number of halogens is 1. The Morgan fingerprint density at radius 2 is 2.00 bits per heavy atom. The van der Waals surface area contributed by atoms with Crippen LogP contribution in [-0.2, 0) is 0 Å². The maximum absolute atomic E-state index is 5.91. The molecule has 0 radical (unpaired) electrons. The summed E-state index contributed by atoms with van der Waals surface area (Å²) < 4.78 is 0. The molecule has 0 saturated heterocycles. The van der Waals surface area contributed by atoms with Crippen molar-refractivity contribution >= 4 is 17.4 Å². The molecule has 0 aliphatic rings. The van der Waals surface area contributed by atoms with E-state index in [2.05, 4.69) is 27.1 Å². The molecule has 1 heterocycles. The molecule has 0 amide bonds. The highest BCUT2D eigenvalue weighted by molar-refractivity contribution is 6.30. The Morgan fingerprint density at radius 1 is 1.21 bits per heavy atom. The van der Waals surface area contributed by atoms with Gasteiger partial charge in [-0.2, -0.15) is 0 Å². The normalized spacial score (nSPS) is 9.58. The lowest BCUT2D eigenvalue weighted by Crippen LogP contribution is -2.05. The van der Waals surface area contributed by atoms with Crippen LogP contribution in [0.5, 0.6) is 0 Å². The van der Waals surface area contributed by atoms with Crippen molar-refractivity contribution in [3.8, 4) is 11.8 Å². The molecule has 1 aromatic carbocycles. The van der Waals surface area contributed by atoms with Crippen LogP contribution in [0.2, 0.25) is 5.15 Å². The zero-order chi connectivity index (χ0) is 13.5. The molecule has 0 unspecified atom stereocenters. The molecule has 4 heteroatoms. The van der Waals surface area contributed by atoms with E-state index in [1.807, 2.05) is 37.3 Å². The van der Waals surface area contributed by atoms with Crippen molar-refractivity contribution in [2.45, 2.75) is 13.3 Å². The van der Waals surface area contributed by atoms with Crippen molar-refractivity contribution in [1.29, 1.82) is 0 Å². The third-order valence-corrected chi connectivity index (χ3v) is 2.95. The molecule has 0 fully saturated rings. The molecule has 2 aromatic rings. The summed E-state index contributed by atoms with van der Waals surface area (Å²) in [5, 5.41) is 3.68. The Hall–Kier alpha value is -2.05. The first-order valence-electron chi connectivity index (χ1n) is 6.02. The molecule has 0 saturated carbocycles. The van der Waals surface area contributed by atoms with Gasteiger partial charge < -0.3 is 5.32 Å². The summed E-state index contributed by atoms with van der Waals surface area (Å²) in [6, 6.07) is 9.93. The number of hydrogen-bond donors (Lipinski definition) is 1. The zero-order valence-corrected chi connectivity index (χ0v) is 11.4. The van der Waals surface area contributed by atoms with Gasteiger partial charge in [0, 0.05) is 24.1 Å². The molecule has 0 spiro atoms. The van der Waals surface area contributed by atoms with Crippen LogP contribution in [0.1, 0.15) is 17.5 Å². The first-order chi connectivity index (χ1) is 9.27. The summed E-state index contributed by atoms with van der Waals surface area (Å²) in [5.41, 5.74) is 1.89. The number of nitrogens with one attached hydrogen (secondary N) is 1. The van der Waals surface area contributed by atoms with Crippen LogP contribution in [-0.4, -0.2) is 16.5 Å². The van der Waals surface area contributed by atoms with Gasteiger partial charge in [0.1, 0.15) is 17.3 Å². The van der Waals surface area contributed by atoms with E-state index in [4.69, 9.17) is 11.6 Å². The minimum Gasteiger partial charge on any atom is -0.369 e. The zero-order valence-electron chi connectivity index (χ0n) is 10.7. The van der Waals surface area contributed by atoms with Gasteiger partial charge in [-0.25, -0.2) is 9.97 Å². The summed E-state index contributed by atoms with van der Waals surface area (Å²) in [7, 11) is 0. The van der Waals surface area contributed by atoms with Crippen molar-refractivity contribution in [2.75, 3.05) is 11.9 Å². The fourth-order valence-electron chi connectivity index (χ4n) is 1.54. The van der Waals surface area contributed by atoms with Crippen LogP contribution in [0.15, 0.2) is 36.7 Å². The molecule has 1 aromatic heterocycles. The highest BCUT2D eigenvalue weighted by Crippen LogP contribution is 2.17. The second kappa shape index (κ2) is 6.77. The van der Waals surface area contributed by atoms with E-state index < -0.39 is 0 Å². The van der Waals surface area contributed by atoms with Gasteiger partial charge in [-0.15, -0.1) is 0 Å². The van der Waals surface area contributed by atoms with Crippen LogP contribution in [0.25, 0.3) is 0 Å². The van der Waals surface area contributed by atoms with E-state index in [1.54, 1.807) is 0 Å². The summed E-state index contributed by atoms with van der Waals surface area (Å²) in [4.78, 5) is 8.05. The second-order valence-electron chi connectivity index (χ2n) is 3.98. The van der Waals surface area contributed by atoms with Crippen molar-refractivity contribution in [2.24, 2.45) is 0 Å². The quantitative estimate of drug-likeness (QED) is 0.529. The number of nitrogens with zero attached hydrogens (tertiary/aromatic N) is 2. The monoisotopic (exact) mass is 271 g/mol. The lowest BCUT2D eigenvalue weighted by molar-refractivity contribution is 1.04. The number of aromatic nitrogens is 2. The maximum Gasteiger partial charge on any atom is 0.137 e. The first-order valence-corrected chi connectivity index (χ1v) is 6.40. The smallest absolute Gasteiger partial charge is 0.137 e. The lowest BCUT2D eigenvalue weighted by Gasteiger charge is -2.06. The molecule has 3 nitrogen and oxygen atoms in total. The highest BCUT2D eigenvalue weighted by atomic mass is 35.5. The van der Waals surface area contributed by atoms with E-state index in [9.17, 15) is 0 Å². The predicted molar refractivity (Wildman–Crippen MR) is 78.2 cm³/mol. The van der Waals surface area contributed by atoms with E-state index in [0.717, 1.165) is 29.9 Å². The molecule has 1 N–H and O–H groups in total. The van der Waals surface area contributed by atoms with Gasteiger partial charge in [0.05, 0.1) is 0 Å². The Morgan fingerprint density at radius 3 is 2.79 bits per heavy atom. The third kappa shape index (κ3) is 3.97. The molecular formula is C15H14ClN3. The van der Waals surface area contributed by atoms with E-state index in [0.29, 0.717) is 5.15 Å². The van der Waals surface area contributed by atoms with Crippen molar-refractivity contribution in [1.82, 2.24) is 9.97 Å². The summed E-state index contributed by atoms with van der Waals surface area (Å²) in [6.07, 6.45) is 2.20. The summed E-state index contributed by atoms with van der Waals surface area (Å²) in [6.45, 7) is 2.62. The molecule has 0 atom stereocenters. The number of rotatable bonds is 3. The van der Waals surface area contributed by atoms with Gasteiger partial charge in [0.2, 0.25) is 0 Å². The molecule has 96 valence electrons. The average molecular weight is 272 g/mol. The largest absolute Gasteiger partial charge is 0.369 e. The van der Waals surface area contributed by atoms with Crippen molar-refractivity contribution < 1.29 is 0 Å². The lowest BCUT2D eigenvalue weighted by atomic mass is 10.2. The topological polar surface area (TPSA) is 37.8 Å². The van der Waals surface area contributed by atoms with E-state index in [1.165, 1.54) is 6.33 Å². The Balaban J connectivity index is 1.85. The third-order valence-electron chi connectivity index (χ3n) is 2.57. The molecule has 19 heavy (non-hydrogen) atoms. The summed E-state index contributed by atoms with van der Waals surface area (Å²) >= 11 is 5.91. The predicted octanol–water partition coefficient (Wildman–Crippen LogP) is 3.29. The van der Waals surface area contributed by atoms with Crippen LogP contribution in [0, 0.1) is 18.8 Å². The average Bonchev–Trinajstić information content (AvgIpc) is 2.44. The van der Waals surface area contributed by atoms with Crippen molar-refractivity contribution in [3.05, 3.63) is 52.9 Å². The Bertz CT molecular complexity index is 600.